The van der Waals surface area contributed by atoms with Gasteiger partial charge in [0.25, 0.3) is 0 Å². The van der Waals surface area contributed by atoms with Gasteiger partial charge in [0.1, 0.15) is 6.67 Å². The molecule has 25 heavy (non-hydrogen) atoms. The Bertz CT molecular complexity index is 734. The summed E-state index contributed by atoms with van der Waals surface area (Å²) in [6.07, 6.45) is 6.90. The van der Waals surface area contributed by atoms with Crippen molar-refractivity contribution >= 4 is 24.0 Å². The van der Waals surface area contributed by atoms with Crippen molar-refractivity contribution in [1.29, 1.82) is 0 Å². The van der Waals surface area contributed by atoms with Crippen molar-refractivity contribution in [2.45, 2.75) is 58.7 Å². The number of allylic oxidation sites excluding steroid dienone is 1. The van der Waals surface area contributed by atoms with E-state index in [1.54, 1.807) is 0 Å². The van der Waals surface area contributed by atoms with E-state index >= 15 is 0 Å². The van der Waals surface area contributed by atoms with E-state index < -0.39 is 0 Å². The molecule has 0 unspecified atom stereocenters. The number of benzene rings is 1. The standard InChI is InChI=1S/C20H27BN2O2/c1-14-10-16(21-24-19(2,3)20(4,5)25-21)12-17(11-14)23-9-8-18(22-13-23)15-6-7-15/h8-12,15H,6-7,13H2,1-5H3. The minimum Gasteiger partial charge on any atom is -0.399 e. The molecule has 2 heterocycles. The fraction of sp³-hybridized carbons (Fsp3) is 0.550. The highest BCUT2D eigenvalue weighted by atomic mass is 16.7. The number of anilines is 1. The summed E-state index contributed by atoms with van der Waals surface area (Å²) < 4.78 is 12.4. The summed E-state index contributed by atoms with van der Waals surface area (Å²) in [5.74, 6) is 0.705. The lowest BCUT2D eigenvalue weighted by Crippen LogP contribution is -2.41. The van der Waals surface area contributed by atoms with E-state index in [4.69, 9.17) is 14.3 Å². The van der Waals surface area contributed by atoms with Gasteiger partial charge in [-0.05, 0) is 76.7 Å². The Labute approximate surface area is 151 Å². The molecule has 2 fully saturated rings. The third-order valence-corrected chi connectivity index (χ3v) is 5.77. The van der Waals surface area contributed by atoms with E-state index in [1.807, 2.05) is 0 Å². The lowest BCUT2D eigenvalue weighted by molar-refractivity contribution is 0.00578. The van der Waals surface area contributed by atoms with E-state index in [9.17, 15) is 0 Å². The van der Waals surface area contributed by atoms with Crippen LogP contribution in [0.15, 0.2) is 35.5 Å². The van der Waals surface area contributed by atoms with Gasteiger partial charge in [0, 0.05) is 23.5 Å². The summed E-state index contributed by atoms with van der Waals surface area (Å²) in [4.78, 5) is 6.93. The van der Waals surface area contributed by atoms with Gasteiger partial charge in [0.05, 0.1) is 11.2 Å². The molecular formula is C20H27BN2O2. The Morgan fingerprint density at radius 3 is 2.32 bits per heavy atom. The molecule has 132 valence electrons. The first-order valence-corrected chi connectivity index (χ1v) is 9.22. The molecule has 4 nitrogen and oxygen atoms in total. The molecule has 1 aromatic carbocycles. The van der Waals surface area contributed by atoms with Crippen LogP contribution in [-0.2, 0) is 9.31 Å². The molecule has 0 N–H and O–H groups in total. The van der Waals surface area contributed by atoms with Gasteiger partial charge in [-0.15, -0.1) is 0 Å². The third kappa shape index (κ3) is 3.15. The zero-order valence-electron chi connectivity index (χ0n) is 15.9. The highest BCUT2D eigenvalue weighted by molar-refractivity contribution is 6.62. The zero-order chi connectivity index (χ0) is 17.8. The fourth-order valence-corrected chi connectivity index (χ4v) is 3.31. The Balaban J connectivity index is 1.57. The molecule has 1 saturated carbocycles. The minimum atomic E-state index is -0.331. The predicted molar refractivity (Wildman–Crippen MR) is 104 cm³/mol. The summed E-state index contributed by atoms with van der Waals surface area (Å²) in [7, 11) is -0.331. The molecule has 0 spiro atoms. The second kappa shape index (κ2) is 5.71. The van der Waals surface area contributed by atoms with Crippen LogP contribution in [0.4, 0.5) is 5.69 Å². The molecule has 0 aromatic heterocycles. The molecule has 3 aliphatic rings. The topological polar surface area (TPSA) is 34.1 Å². The van der Waals surface area contributed by atoms with E-state index in [0.717, 1.165) is 11.2 Å². The van der Waals surface area contributed by atoms with Gasteiger partial charge in [0.15, 0.2) is 0 Å². The Hall–Kier alpha value is -1.59. The summed E-state index contributed by atoms with van der Waals surface area (Å²) in [5.41, 5.74) is 4.02. The molecule has 0 radical (unpaired) electrons. The van der Waals surface area contributed by atoms with Crippen molar-refractivity contribution in [3.63, 3.8) is 0 Å². The van der Waals surface area contributed by atoms with Crippen molar-refractivity contribution in [2.24, 2.45) is 10.9 Å². The lowest BCUT2D eigenvalue weighted by atomic mass is 9.78. The fourth-order valence-electron chi connectivity index (χ4n) is 3.31. The van der Waals surface area contributed by atoms with E-state index in [-0.39, 0.29) is 18.3 Å². The molecule has 4 rings (SSSR count). The Kier molecular flexibility index (Phi) is 3.85. The highest BCUT2D eigenvalue weighted by Crippen LogP contribution is 2.37. The largest absolute Gasteiger partial charge is 0.494 e. The van der Waals surface area contributed by atoms with Gasteiger partial charge >= 0.3 is 7.12 Å². The molecule has 0 atom stereocenters. The van der Waals surface area contributed by atoms with Crippen LogP contribution in [0.3, 0.4) is 0 Å². The maximum atomic E-state index is 6.22. The molecule has 1 aliphatic carbocycles. The van der Waals surface area contributed by atoms with Crippen molar-refractivity contribution in [2.75, 3.05) is 11.6 Å². The van der Waals surface area contributed by atoms with E-state index in [1.165, 1.54) is 24.1 Å². The van der Waals surface area contributed by atoms with Crippen molar-refractivity contribution in [3.05, 3.63) is 36.0 Å². The monoisotopic (exact) mass is 338 g/mol. The second-order valence-electron chi connectivity index (χ2n) is 8.47. The van der Waals surface area contributed by atoms with Gasteiger partial charge in [-0.3, -0.25) is 4.99 Å². The molecule has 1 saturated heterocycles. The molecule has 2 aliphatic heterocycles. The highest BCUT2D eigenvalue weighted by Gasteiger charge is 2.51. The molecule has 0 bridgehead atoms. The van der Waals surface area contributed by atoms with Crippen molar-refractivity contribution in [1.82, 2.24) is 0 Å². The number of aliphatic imine (C=N–C) groups is 1. The zero-order valence-corrected chi connectivity index (χ0v) is 15.9. The van der Waals surface area contributed by atoms with Gasteiger partial charge in [-0.25, -0.2) is 0 Å². The summed E-state index contributed by atoms with van der Waals surface area (Å²) >= 11 is 0. The third-order valence-electron chi connectivity index (χ3n) is 5.77. The van der Waals surface area contributed by atoms with Crippen LogP contribution in [0.25, 0.3) is 0 Å². The Morgan fingerprint density at radius 2 is 1.76 bits per heavy atom. The van der Waals surface area contributed by atoms with Crippen LogP contribution in [-0.4, -0.2) is 30.7 Å². The maximum absolute atomic E-state index is 6.22. The molecular weight excluding hydrogens is 311 g/mol. The Morgan fingerprint density at radius 1 is 1.08 bits per heavy atom. The number of aryl methyl sites for hydroxylation is 1. The molecule has 5 heteroatoms. The normalized spacial score (nSPS) is 24.6. The number of nitrogens with zero attached hydrogens (tertiary/aromatic N) is 2. The van der Waals surface area contributed by atoms with Gasteiger partial charge < -0.3 is 14.2 Å². The lowest BCUT2D eigenvalue weighted by Gasteiger charge is -2.32. The van der Waals surface area contributed by atoms with Crippen LogP contribution in [0.1, 0.15) is 46.1 Å². The van der Waals surface area contributed by atoms with Crippen LogP contribution in [0.5, 0.6) is 0 Å². The van der Waals surface area contributed by atoms with Gasteiger partial charge in [-0.1, -0.05) is 6.07 Å². The first-order chi connectivity index (χ1) is 11.7. The maximum Gasteiger partial charge on any atom is 0.494 e. The van der Waals surface area contributed by atoms with Crippen molar-refractivity contribution in [3.8, 4) is 0 Å². The van der Waals surface area contributed by atoms with Crippen LogP contribution in [0.2, 0.25) is 0 Å². The van der Waals surface area contributed by atoms with Gasteiger partial charge in [-0.2, -0.15) is 0 Å². The molecule has 1 aromatic rings. The van der Waals surface area contributed by atoms with E-state index in [0.29, 0.717) is 12.6 Å². The quantitative estimate of drug-likeness (QED) is 0.792. The SMILES string of the molecule is Cc1cc(B2OC(C)(C)C(C)(C)O2)cc(N2C=CC(C3CC3)=NC2)c1. The van der Waals surface area contributed by atoms with Crippen LogP contribution >= 0.6 is 0 Å². The smallest absolute Gasteiger partial charge is 0.399 e. The second-order valence-corrected chi connectivity index (χ2v) is 8.47. The molecule has 0 amide bonds. The van der Waals surface area contributed by atoms with E-state index in [2.05, 4.69) is 70.0 Å². The summed E-state index contributed by atoms with van der Waals surface area (Å²) in [6, 6.07) is 6.51. The average molecular weight is 338 g/mol. The van der Waals surface area contributed by atoms with Crippen LogP contribution in [0, 0.1) is 12.8 Å². The minimum absolute atomic E-state index is 0.323. The van der Waals surface area contributed by atoms with Gasteiger partial charge in [0.2, 0.25) is 0 Å². The van der Waals surface area contributed by atoms with Crippen molar-refractivity contribution < 1.29 is 9.31 Å². The summed E-state index contributed by atoms with van der Waals surface area (Å²) in [5, 5.41) is 0. The average Bonchev–Trinajstić information content (AvgIpc) is 3.35. The number of hydrogen-bond acceptors (Lipinski definition) is 4. The van der Waals surface area contributed by atoms with Crippen LogP contribution < -0.4 is 10.4 Å². The first kappa shape index (κ1) is 16.9. The first-order valence-electron chi connectivity index (χ1n) is 9.22. The number of rotatable bonds is 3. The number of hydrogen-bond donors (Lipinski definition) is 0. The predicted octanol–water partition coefficient (Wildman–Crippen LogP) is 3.44. The summed E-state index contributed by atoms with van der Waals surface area (Å²) in [6.45, 7) is 11.2.